The molecule has 106 valence electrons. The molecule has 0 unspecified atom stereocenters. The van der Waals surface area contributed by atoms with Gasteiger partial charge in [-0.1, -0.05) is 6.07 Å². The van der Waals surface area contributed by atoms with E-state index >= 15 is 0 Å². The van der Waals surface area contributed by atoms with Crippen LogP contribution in [0.4, 0.5) is 0 Å². The first-order chi connectivity index (χ1) is 10.3. The number of nitrogens with zero attached hydrogens (tertiary/aromatic N) is 3. The predicted octanol–water partition coefficient (Wildman–Crippen LogP) is 2.08. The maximum absolute atomic E-state index is 11.8. The standard InChI is InChI=1S/C16H16N4O/c21-16(6-3-12-2-1-7-17-9-12)18-10-14-8-15(13-4-5-13)20-11-19-14/h1-3,6-9,11,13H,4-5,10H2,(H,18,21). The second-order valence-electron chi connectivity index (χ2n) is 5.05. The highest BCUT2D eigenvalue weighted by atomic mass is 16.1. The van der Waals surface area contributed by atoms with Gasteiger partial charge in [-0.15, -0.1) is 0 Å². The minimum Gasteiger partial charge on any atom is -0.347 e. The molecule has 1 aliphatic carbocycles. The number of hydrogen-bond donors (Lipinski definition) is 1. The normalized spacial score (nSPS) is 14.3. The highest BCUT2D eigenvalue weighted by Crippen LogP contribution is 2.38. The molecule has 2 aromatic rings. The second kappa shape index (κ2) is 6.26. The third kappa shape index (κ3) is 3.95. The van der Waals surface area contributed by atoms with Crippen molar-refractivity contribution in [3.8, 4) is 0 Å². The SMILES string of the molecule is O=C(C=Cc1cccnc1)NCc1cc(C2CC2)ncn1. The van der Waals surface area contributed by atoms with Gasteiger partial charge in [0.25, 0.3) is 0 Å². The molecule has 0 bridgehead atoms. The molecule has 1 saturated carbocycles. The van der Waals surface area contributed by atoms with Crippen molar-refractivity contribution in [3.05, 3.63) is 59.9 Å². The van der Waals surface area contributed by atoms with Gasteiger partial charge in [-0.05, 0) is 36.6 Å². The quantitative estimate of drug-likeness (QED) is 0.851. The Hall–Kier alpha value is -2.56. The molecule has 0 radical (unpaired) electrons. The summed E-state index contributed by atoms with van der Waals surface area (Å²) in [5.41, 5.74) is 2.82. The summed E-state index contributed by atoms with van der Waals surface area (Å²) in [7, 11) is 0. The van der Waals surface area contributed by atoms with E-state index in [0.29, 0.717) is 12.5 Å². The van der Waals surface area contributed by atoms with Gasteiger partial charge in [-0.25, -0.2) is 9.97 Å². The Balaban J connectivity index is 1.53. The van der Waals surface area contributed by atoms with Gasteiger partial charge in [0, 0.05) is 30.1 Å². The first-order valence-electron chi connectivity index (χ1n) is 6.98. The summed E-state index contributed by atoms with van der Waals surface area (Å²) in [6.45, 7) is 0.415. The van der Waals surface area contributed by atoms with Crippen LogP contribution in [0.1, 0.15) is 35.7 Å². The molecule has 0 atom stereocenters. The zero-order valence-corrected chi connectivity index (χ0v) is 11.6. The zero-order chi connectivity index (χ0) is 14.5. The van der Waals surface area contributed by atoms with Crippen molar-refractivity contribution in [3.63, 3.8) is 0 Å². The fraction of sp³-hybridized carbons (Fsp3) is 0.250. The molecule has 1 N–H and O–H groups in total. The molecule has 2 heterocycles. The van der Waals surface area contributed by atoms with E-state index in [1.807, 2.05) is 18.2 Å². The lowest BCUT2D eigenvalue weighted by molar-refractivity contribution is -0.116. The highest BCUT2D eigenvalue weighted by molar-refractivity contribution is 5.91. The maximum Gasteiger partial charge on any atom is 0.244 e. The maximum atomic E-state index is 11.8. The Labute approximate surface area is 123 Å². The molecule has 21 heavy (non-hydrogen) atoms. The Kier molecular flexibility index (Phi) is 4.00. The number of rotatable bonds is 5. The van der Waals surface area contributed by atoms with E-state index in [0.717, 1.165) is 17.0 Å². The van der Waals surface area contributed by atoms with E-state index in [9.17, 15) is 4.79 Å². The Morgan fingerprint density at radius 1 is 1.38 bits per heavy atom. The molecule has 1 amide bonds. The molecular formula is C16H16N4O. The minimum atomic E-state index is -0.148. The van der Waals surface area contributed by atoms with Gasteiger partial charge in [0.1, 0.15) is 6.33 Å². The second-order valence-corrected chi connectivity index (χ2v) is 5.05. The van der Waals surface area contributed by atoms with Crippen molar-refractivity contribution in [2.45, 2.75) is 25.3 Å². The van der Waals surface area contributed by atoms with Crippen LogP contribution in [-0.4, -0.2) is 20.9 Å². The summed E-state index contributed by atoms with van der Waals surface area (Å²) in [6.07, 6.45) is 10.6. The average Bonchev–Trinajstić information content (AvgIpc) is 3.37. The van der Waals surface area contributed by atoms with Gasteiger partial charge in [-0.2, -0.15) is 0 Å². The van der Waals surface area contributed by atoms with Crippen LogP contribution >= 0.6 is 0 Å². The lowest BCUT2D eigenvalue weighted by Gasteiger charge is -2.03. The van der Waals surface area contributed by atoms with Gasteiger partial charge in [0.05, 0.1) is 12.2 Å². The summed E-state index contributed by atoms with van der Waals surface area (Å²) in [6, 6.07) is 5.70. The molecular weight excluding hydrogens is 264 g/mol. The van der Waals surface area contributed by atoms with Crippen LogP contribution in [0.2, 0.25) is 0 Å². The zero-order valence-electron chi connectivity index (χ0n) is 11.6. The van der Waals surface area contributed by atoms with Crippen LogP contribution < -0.4 is 5.32 Å². The van der Waals surface area contributed by atoms with Crippen molar-refractivity contribution in [2.24, 2.45) is 0 Å². The van der Waals surface area contributed by atoms with Gasteiger partial charge in [0.2, 0.25) is 5.91 Å². The van der Waals surface area contributed by atoms with Crippen molar-refractivity contribution in [1.29, 1.82) is 0 Å². The summed E-state index contributed by atoms with van der Waals surface area (Å²) in [5, 5.41) is 2.82. The van der Waals surface area contributed by atoms with E-state index in [4.69, 9.17) is 0 Å². The summed E-state index contributed by atoms with van der Waals surface area (Å²) < 4.78 is 0. The Morgan fingerprint density at radius 3 is 3.05 bits per heavy atom. The summed E-state index contributed by atoms with van der Waals surface area (Å²) in [5.74, 6) is 0.443. The van der Waals surface area contributed by atoms with Crippen molar-refractivity contribution in [1.82, 2.24) is 20.3 Å². The number of aromatic nitrogens is 3. The first-order valence-corrected chi connectivity index (χ1v) is 6.98. The van der Waals surface area contributed by atoms with E-state index in [1.165, 1.54) is 18.9 Å². The van der Waals surface area contributed by atoms with Crippen LogP contribution in [0.25, 0.3) is 6.08 Å². The molecule has 5 nitrogen and oxygen atoms in total. The predicted molar refractivity (Wildman–Crippen MR) is 79.1 cm³/mol. The Morgan fingerprint density at radius 2 is 2.29 bits per heavy atom. The van der Waals surface area contributed by atoms with Crippen LogP contribution in [-0.2, 0) is 11.3 Å². The van der Waals surface area contributed by atoms with Crippen LogP contribution in [0.5, 0.6) is 0 Å². The van der Waals surface area contributed by atoms with Gasteiger partial charge < -0.3 is 5.32 Å². The van der Waals surface area contributed by atoms with E-state index < -0.39 is 0 Å². The van der Waals surface area contributed by atoms with E-state index in [2.05, 4.69) is 20.3 Å². The van der Waals surface area contributed by atoms with Crippen LogP contribution in [0, 0.1) is 0 Å². The largest absolute Gasteiger partial charge is 0.347 e. The van der Waals surface area contributed by atoms with E-state index in [1.54, 1.807) is 24.8 Å². The molecule has 2 aromatic heterocycles. The fourth-order valence-corrected chi connectivity index (χ4v) is 2.00. The fourth-order valence-electron chi connectivity index (χ4n) is 2.00. The molecule has 1 aliphatic rings. The lowest BCUT2D eigenvalue weighted by Crippen LogP contribution is -2.21. The van der Waals surface area contributed by atoms with Crippen molar-refractivity contribution >= 4 is 12.0 Å². The summed E-state index contributed by atoms with van der Waals surface area (Å²) in [4.78, 5) is 24.2. The third-order valence-corrected chi connectivity index (χ3v) is 3.30. The van der Waals surface area contributed by atoms with Crippen molar-refractivity contribution < 1.29 is 4.79 Å². The molecule has 1 fully saturated rings. The number of carbonyl (C=O) groups excluding carboxylic acids is 1. The van der Waals surface area contributed by atoms with Gasteiger partial charge in [-0.3, -0.25) is 9.78 Å². The molecule has 0 saturated heterocycles. The molecule has 0 spiro atoms. The molecule has 0 aromatic carbocycles. The number of amides is 1. The van der Waals surface area contributed by atoms with Crippen LogP contribution in [0.15, 0.2) is 43.0 Å². The van der Waals surface area contributed by atoms with Gasteiger partial charge in [0.15, 0.2) is 0 Å². The topological polar surface area (TPSA) is 67.8 Å². The van der Waals surface area contributed by atoms with Gasteiger partial charge >= 0.3 is 0 Å². The first kappa shape index (κ1) is 13.4. The molecule has 0 aliphatic heterocycles. The monoisotopic (exact) mass is 280 g/mol. The number of nitrogens with one attached hydrogen (secondary N) is 1. The summed E-state index contributed by atoms with van der Waals surface area (Å²) >= 11 is 0. The van der Waals surface area contributed by atoms with Crippen molar-refractivity contribution in [2.75, 3.05) is 0 Å². The van der Waals surface area contributed by atoms with E-state index in [-0.39, 0.29) is 5.91 Å². The molecule has 3 rings (SSSR count). The minimum absolute atomic E-state index is 0.148. The number of carbonyl (C=O) groups is 1. The van der Waals surface area contributed by atoms with Crippen LogP contribution in [0.3, 0.4) is 0 Å². The average molecular weight is 280 g/mol. The lowest BCUT2D eigenvalue weighted by atomic mass is 10.2. The Bertz CT molecular complexity index is 650. The number of hydrogen-bond acceptors (Lipinski definition) is 4. The molecule has 5 heteroatoms. The third-order valence-electron chi connectivity index (χ3n) is 3.30. The smallest absolute Gasteiger partial charge is 0.244 e. The number of pyridine rings is 1. The highest BCUT2D eigenvalue weighted by Gasteiger charge is 2.25.